The number of hydrogen-bond donors (Lipinski definition) is 0. The molecule has 5 heteroatoms. The van der Waals surface area contributed by atoms with E-state index < -0.39 is 17.5 Å². The van der Waals surface area contributed by atoms with Crippen molar-refractivity contribution < 1.29 is 18.0 Å². The Morgan fingerprint density at radius 3 is 2.31 bits per heavy atom. The largest absolute Gasteiger partial charge is 0.416 e. The Bertz CT molecular complexity index is 483. The molecule has 0 saturated carbocycles. The van der Waals surface area contributed by atoms with Crippen LogP contribution in [0.2, 0.25) is 0 Å². The molecule has 0 fully saturated rings. The molecule has 0 atom stereocenters. The van der Waals surface area contributed by atoms with Crippen molar-refractivity contribution in [1.82, 2.24) is 0 Å². The van der Waals surface area contributed by atoms with Crippen molar-refractivity contribution in [3.63, 3.8) is 0 Å². The normalized spacial score (nSPS) is 11.0. The number of aryl methyl sites for hydroxylation is 1. The standard InChI is InChI=1S/C11H8F3NO/c1-6-3-9(11(12,13)14)4-8(5-15)10(6)7(2)16/h3-4H,1-2H3. The van der Waals surface area contributed by atoms with E-state index in [1.165, 1.54) is 13.8 Å². The van der Waals surface area contributed by atoms with E-state index in [0.29, 0.717) is 6.07 Å². The van der Waals surface area contributed by atoms with Gasteiger partial charge in [-0.2, -0.15) is 18.4 Å². The van der Waals surface area contributed by atoms with E-state index in [9.17, 15) is 18.0 Å². The molecule has 1 aromatic carbocycles. The number of nitriles is 1. The molecule has 1 aromatic rings. The molecule has 0 heterocycles. The Morgan fingerprint density at radius 2 is 1.94 bits per heavy atom. The van der Waals surface area contributed by atoms with Crippen LogP contribution in [0.3, 0.4) is 0 Å². The van der Waals surface area contributed by atoms with Crippen LogP contribution in [0.25, 0.3) is 0 Å². The maximum Gasteiger partial charge on any atom is 0.416 e. The fraction of sp³-hybridized carbons (Fsp3) is 0.273. The number of carbonyl (C=O) groups is 1. The van der Waals surface area contributed by atoms with Crippen LogP contribution in [-0.2, 0) is 6.18 Å². The van der Waals surface area contributed by atoms with E-state index in [1.54, 1.807) is 6.07 Å². The molecule has 16 heavy (non-hydrogen) atoms. The van der Waals surface area contributed by atoms with Gasteiger partial charge in [0.1, 0.15) is 0 Å². The summed E-state index contributed by atoms with van der Waals surface area (Å²) < 4.78 is 37.3. The van der Waals surface area contributed by atoms with Gasteiger partial charge in [-0.1, -0.05) is 0 Å². The van der Waals surface area contributed by atoms with Crippen LogP contribution >= 0.6 is 0 Å². The van der Waals surface area contributed by atoms with Gasteiger partial charge in [0.25, 0.3) is 0 Å². The predicted molar refractivity (Wildman–Crippen MR) is 50.9 cm³/mol. The molecular formula is C11H8F3NO. The molecule has 84 valence electrons. The van der Waals surface area contributed by atoms with Crippen LogP contribution in [-0.4, -0.2) is 5.78 Å². The van der Waals surface area contributed by atoms with E-state index in [2.05, 4.69) is 0 Å². The van der Waals surface area contributed by atoms with Crippen molar-refractivity contribution in [2.24, 2.45) is 0 Å². The first-order valence-electron chi connectivity index (χ1n) is 4.40. The summed E-state index contributed by atoms with van der Waals surface area (Å²) in [5.41, 5.74) is -0.930. The second kappa shape index (κ2) is 3.97. The minimum Gasteiger partial charge on any atom is -0.294 e. The number of nitrogens with zero attached hydrogens (tertiary/aromatic N) is 1. The number of rotatable bonds is 1. The number of benzene rings is 1. The highest BCUT2D eigenvalue weighted by atomic mass is 19.4. The molecule has 0 aliphatic carbocycles. The zero-order chi connectivity index (χ0) is 12.5. The summed E-state index contributed by atoms with van der Waals surface area (Å²) in [7, 11) is 0. The van der Waals surface area contributed by atoms with Gasteiger partial charge in [0.2, 0.25) is 0 Å². The monoisotopic (exact) mass is 227 g/mol. The Labute approximate surface area is 90.3 Å². The lowest BCUT2D eigenvalue weighted by atomic mass is 9.96. The fourth-order valence-electron chi connectivity index (χ4n) is 1.51. The molecule has 0 radical (unpaired) electrons. The van der Waals surface area contributed by atoms with Gasteiger partial charge in [-0.25, -0.2) is 0 Å². The zero-order valence-corrected chi connectivity index (χ0v) is 8.64. The molecule has 2 nitrogen and oxygen atoms in total. The first kappa shape index (κ1) is 12.2. The molecule has 0 bridgehead atoms. The van der Waals surface area contributed by atoms with Gasteiger partial charge in [-0.15, -0.1) is 0 Å². The lowest BCUT2D eigenvalue weighted by Crippen LogP contribution is -2.09. The lowest BCUT2D eigenvalue weighted by Gasteiger charge is -2.11. The first-order chi connectivity index (χ1) is 7.27. The zero-order valence-electron chi connectivity index (χ0n) is 8.64. The second-order valence-electron chi connectivity index (χ2n) is 3.38. The quantitative estimate of drug-likeness (QED) is 0.691. The van der Waals surface area contributed by atoms with Crippen LogP contribution in [0.4, 0.5) is 13.2 Å². The Hall–Kier alpha value is -1.83. The topological polar surface area (TPSA) is 40.9 Å². The van der Waals surface area contributed by atoms with Crippen LogP contribution in [0.15, 0.2) is 12.1 Å². The van der Waals surface area contributed by atoms with E-state index in [1.807, 2.05) is 0 Å². The summed E-state index contributed by atoms with van der Waals surface area (Å²) in [5, 5.41) is 8.71. The molecule has 0 saturated heterocycles. The Morgan fingerprint density at radius 1 is 1.38 bits per heavy atom. The van der Waals surface area contributed by atoms with Gasteiger partial charge < -0.3 is 0 Å². The summed E-state index contributed by atoms with van der Waals surface area (Å²) >= 11 is 0. The van der Waals surface area contributed by atoms with Gasteiger partial charge >= 0.3 is 6.18 Å². The molecule has 0 N–H and O–H groups in total. The number of Topliss-reactive ketones (excluding diaryl/α,β-unsaturated/α-hetero) is 1. The molecule has 0 aromatic heterocycles. The minimum atomic E-state index is -4.51. The van der Waals surface area contributed by atoms with Crippen LogP contribution < -0.4 is 0 Å². The number of hydrogen-bond acceptors (Lipinski definition) is 2. The van der Waals surface area contributed by atoms with Crippen LogP contribution in [0.5, 0.6) is 0 Å². The maximum atomic E-state index is 12.4. The van der Waals surface area contributed by atoms with Gasteiger partial charge in [-0.3, -0.25) is 4.79 Å². The molecule has 0 amide bonds. The summed E-state index contributed by atoms with van der Waals surface area (Å²) in [6.07, 6.45) is -4.51. The molecule has 0 spiro atoms. The van der Waals surface area contributed by atoms with Gasteiger partial charge in [0.15, 0.2) is 5.78 Å². The summed E-state index contributed by atoms with van der Waals surface area (Å²) in [4.78, 5) is 11.2. The summed E-state index contributed by atoms with van der Waals surface area (Å²) in [5.74, 6) is -0.414. The van der Waals surface area contributed by atoms with Crippen molar-refractivity contribution in [3.05, 3.63) is 34.4 Å². The van der Waals surface area contributed by atoms with Crippen LogP contribution in [0, 0.1) is 18.3 Å². The molecular weight excluding hydrogens is 219 g/mol. The van der Waals surface area contributed by atoms with Gasteiger partial charge in [0.05, 0.1) is 17.2 Å². The van der Waals surface area contributed by atoms with E-state index in [4.69, 9.17) is 5.26 Å². The van der Waals surface area contributed by atoms with Crippen molar-refractivity contribution in [3.8, 4) is 6.07 Å². The highest BCUT2D eigenvalue weighted by Gasteiger charge is 2.32. The first-order valence-corrected chi connectivity index (χ1v) is 4.40. The highest BCUT2D eigenvalue weighted by Crippen LogP contribution is 2.32. The number of carbonyl (C=O) groups excluding carboxylic acids is 1. The number of ketones is 1. The third-order valence-corrected chi connectivity index (χ3v) is 2.14. The maximum absolute atomic E-state index is 12.4. The minimum absolute atomic E-state index is 0.0514. The Kier molecular flexibility index (Phi) is 3.04. The van der Waals surface area contributed by atoms with E-state index >= 15 is 0 Å². The van der Waals surface area contributed by atoms with E-state index in [0.717, 1.165) is 6.07 Å². The van der Waals surface area contributed by atoms with Crippen molar-refractivity contribution >= 4 is 5.78 Å². The smallest absolute Gasteiger partial charge is 0.294 e. The van der Waals surface area contributed by atoms with Crippen molar-refractivity contribution in [2.45, 2.75) is 20.0 Å². The SMILES string of the molecule is CC(=O)c1c(C)cc(C(F)(F)F)cc1C#N. The summed E-state index contributed by atoms with van der Waals surface area (Å²) in [6, 6.07) is 3.18. The van der Waals surface area contributed by atoms with Gasteiger partial charge in [-0.05, 0) is 31.5 Å². The average molecular weight is 227 g/mol. The van der Waals surface area contributed by atoms with Gasteiger partial charge in [0, 0.05) is 5.56 Å². The fourth-order valence-corrected chi connectivity index (χ4v) is 1.51. The number of halogens is 3. The second-order valence-corrected chi connectivity index (χ2v) is 3.38. The number of alkyl halides is 3. The molecule has 0 unspecified atom stereocenters. The average Bonchev–Trinajstić information content (AvgIpc) is 2.14. The molecule has 1 rings (SSSR count). The predicted octanol–water partition coefficient (Wildman–Crippen LogP) is 3.09. The van der Waals surface area contributed by atoms with Crippen molar-refractivity contribution in [1.29, 1.82) is 5.26 Å². The third kappa shape index (κ3) is 2.22. The third-order valence-electron chi connectivity index (χ3n) is 2.14. The lowest BCUT2D eigenvalue weighted by molar-refractivity contribution is -0.137. The molecule has 0 aliphatic heterocycles. The van der Waals surface area contributed by atoms with Crippen molar-refractivity contribution in [2.75, 3.05) is 0 Å². The highest BCUT2D eigenvalue weighted by molar-refractivity contribution is 5.98. The summed E-state index contributed by atoms with van der Waals surface area (Å²) in [6.45, 7) is 2.60. The molecule has 0 aliphatic rings. The van der Waals surface area contributed by atoms with Crippen LogP contribution in [0.1, 0.15) is 34.0 Å². The van der Waals surface area contributed by atoms with E-state index in [-0.39, 0.29) is 16.7 Å². The Balaban J connectivity index is 3.52.